The molecule has 2 atom stereocenters. The van der Waals surface area contributed by atoms with Crippen LogP contribution >= 0.6 is 0 Å². The Morgan fingerprint density at radius 1 is 1.22 bits per heavy atom. The number of furan rings is 1. The van der Waals surface area contributed by atoms with E-state index in [4.69, 9.17) is 9.15 Å². The van der Waals surface area contributed by atoms with Gasteiger partial charge in [-0.3, -0.25) is 9.59 Å². The molecule has 1 aliphatic heterocycles. The van der Waals surface area contributed by atoms with Gasteiger partial charge in [0.15, 0.2) is 5.76 Å². The van der Waals surface area contributed by atoms with E-state index in [-0.39, 0.29) is 23.8 Å². The molecule has 2 fully saturated rings. The minimum Gasteiger partial charge on any atom is -0.459 e. The van der Waals surface area contributed by atoms with Gasteiger partial charge in [0.25, 0.3) is 5.91 Å². The fourth-order valence-corrected chi connectivity index (χ4v) is 3.57. The summed E-state index contributed by atoms with van der Waals surface area (Å²) in [5.41, 5.74) is 0. The number of hydrogen-bond acceptors (Lipinski definition) is 4. The van der Waals surface area contributed by atoms with Crippen molar-refractivity contribution in [3.05, 3.63) is 24.2 Å². The van der Waals surface area contributed by atoms with E-state index < -0.39 is 0 Å². The summed E-state index contributed by atoms with van der Waals surface area (Å²) in [6, 6.07) is 3.34. The standard InChI is InChI=1S/C17H24N2O4/c20-16-13-5-1-2-6-14(13)19(9-4-10-22-12-8-18-16)17(21)15-7-3-11-23-15/h3,7,11,13-14H,1-2,4-6,8-10,12H2,(H,18,20). The van der Waals surface area contributed by atoms with Crippen molar-refractivity contribution in [2.75, 3.05) is 26.3 Å². The zero-order chi connectivity index (χ0) is 16.1. The molecule has 0 aromatic carbocycles. The monoisotopic (exact) mass is 320 g/mol. The number of fused-ring (bicyclic) bond motifs is 1. The highest BCUT2D eigenvalue weighted by Gasteiger charge is 2.37. The maximum atomic E-state index is 12.8. The molecule has 6 nitrogen and oxygen atoms in total. The topological polar surface area (TPSA) is 71.8 Å². The van der Waals surface area contributed by atoms with Crippen molar-refractivity contribution in [2.45, 2.75) is 38.1 Å². The smallest absolute Gasteiger partial charge is 0.289 e. The molecule has 2 aliphatic rings. The van der Waals surface area contributed by atoms with Crippen LogP contribution in [0.15, 0.2) is 22.8 Å². The van der Waals surface area contributed by atoms with Gasteiger partial charge in [0.2, 0.25) is 5.91 Å². The second-order valence-corrected chi connectivity index (χ2v) is 6.19. The minimum atomic E-state index is -0.138. The van der Waals surface area contributed by atoms with E-state index in [9.17, 15) is 9.59 Å². The Hall–Kier alpha value is -1.82. The quantitative estimate of drug-likeness (QED) is 0.857. The van der Waals surface area contributed by atoms with Crippen LogP contribution in [0.1, 0.15) is 42.7 Å². The summed E-state index contributed by atoms with van der Waals surface area (Å²) in [6.45, 7) is 2.24. The van der Waals surface area contributed by atoms with E-state index in [2.05, 4.69) is 5.32 Å². The van der Waals surface area contributed by atoms with Gasteiger partial charge in [-0.15, -0.1) is 0 Å². The Morgan fingerprint density at radius 3 is 2.91 bits per heavy atom. The van der Waals surface area contributed by atoms with E-state index in [1.807, 2.05) is 4.90 Å². The fourth-order valence-electron chi connectivity index (χ4n) is 3.57. The predicted molar refractivity (Wildman–Crippen MR) is 83.9 cm³/mol. The number of nitrogens with one attached hydrogen (secondary N) is 1. The average molecular weight is 320 g/mol. The number of amides is 2. The molecule has 1 saturated heterocycles. The Balaban J connectivity index is 1.85. The molecule has 1 saturated carbocycles. The van der Waals surface area contributed by atoms with E-state index in [1.54, 1.807) is 12.1 Å². The molecule has 0 radical (unpaired) electrons. The highest BCUT2D eigenvalue weighted by molar-refractivity contribution is 5.92. The fraction of sp³-hybridized carbons (Fsp3) is 0.647. The zero-order valence-corrected chi connectivity index (χ0v) is 13.3. The molecule has 126 valence electrons. The first kappa shape index (κ1) is 16.1. The largest absolute Gasteiger partial charge is 0.459 e. The molecule has 2 heterocycles. The van der Waals surface area contributed by atoms with E-state index >= 15 is 0 Å². The van der Waals surface area contributed by atoms with Gasteiger partial charge in [0.1, 0.15) is 0 Å². The van der Waals surface area contributed by atoms with Gasteiger partial charge in [-0.2, -0.15) is 0 Å². The molecular formula is C17H24N2O4. The van der Waals surface area contributed by atoms with Crippen LogP contribution in [0.3, 0.4) is 0 Å². The molecule has 2 unspecified atom stereocenters. The molecule has 1 N–H and O–H groups in total. The SMILES string of the molecule is O=C1NCCOCCCN(C(=O)c2ccco2)C2CCCCC12. The van der Waals surface area contributed by atoms with Gasteiger partial charge in [-0.05, 0) is 31.4 Å². The lowest BCUT2D eigenvalue weighted by Crippen LogP contribution is -2.51. The van der Waals surface area contributed by atoms with Gasteiger partial charge in [0.05, 0.1) is 18.8 Å². The van der Waals surface area contributed by atoms with Crippen LogP contribution in [0.2, 0.25) is 0 Å². The van der Waals surface area contributed by atoms with Gasteiger partial charge in [0, 0.05) is 25.7 Å². The number of ether oxygens (including phenoxy) is 1. The normalized spacial score (nSPS) is 26.8. The summed E-state index contributed by atoms with van der Waals surface area (Å²) >= 11 is 0. The van der Waals surface area contributed by atoms with Crippen LogP contribution in [0.5, 0.6) is 0 Å². The number of nitrogens with zero attached hydrogens (tertiary/aromatic N) is 1. The van der Waals surface area contributed by atoms with Crippen molar-refractivity contribution in [2.24, 2.45) is 5.92 Å². The lowest BCUT2D eigenvalue weighted by molar-refractivity contribution is -0.128. The molecule has 2 amide bonds. The summed E-state index contributed by atoms with van der Waals surface area (Å²) in [4.78, 5) is 27.2. The van der Waals surface area contributed by atoms with Crippen LogP contribution < -0.4 is 5.32 Å². The van der Waals surface area contributed by atoms with Crippen molar-refractivity contribution in [1.29, 1.82) is 0 Å². The Kier molecular flexibility index (Phi) is 5.33. The number of rotatable bonds is 1. The molecule has 6 heteroatoms. The molecule has 0 bridgehead atoms. The van der Waals surface area contributed by atoms with Crippen LogP contribution in [-0.2, 0) is 9.53 Å². The molecule has 0 spiro atoms. The highest BCUT2D eigenvalue weighted by atomic mass is 16.5. The minimum absolute atomic E-state index is 0.0393. The molecule has 1 aromatic heterocycles. The molecule has 1 aromatic rings. The number of carbonyl (C=O) groups excluding carboxylic acids is 2. The maximum absolute atomic E-state index is 12.8. The number of carbonyl (C=O) groups is 2. The third kappa shape index (κ3) is 3.75. The molecule has 3 rings (SSSR count). The van der Waals surface area contributed by atoms with Crippen molar-refractivity contribution in [3.63, 3.8) is 0 Å². The molecular weight excluding hydrogens is 296 g/mol. The van der Waals surface area contributed by atoms with E-state index in [0.717, 1.165) is 32.1 Å². The van der Waals surface area contributed by atoms with E-state index in [1.165, 1.54) is 6.26 Å². The summed E-state index contributed by atoms with van der Waals surface area (Å²) in [7, 11) is 0. The number of hydrogen-bond donors (Lipinski definition) is 1. The van der Waals surface area contributed by atoms with Crippen LogP contribution in [0, 0.1) is 5.92 Å². The summed E-state index contributed by atoms with van der Waals surface area (Å²) in [5.74, 6) is 0.114. The first-order valence-electron chi connectivity index (χ1n) is 8.47. The third-order valence-electron chi connectivity index (χ3n) is 4.69. The van der Waals surface area contributed by atoms with Gasteiger partial charge < -0.3 is 19.4 Å². The third-order valence-corrected chi connectivity index (χ3v) is 4.69. The van der Waals surface area contributed by atoms with Crippen LogP contribution in [-0.4, -0.2) is 49.1 Å². The highest BCUT2D eigenvalue weighted by Crippen LogP contribution is 2.30. The lowest BCUT2D eigenvalue weighted by Gasteiger charge is -2.38. The maximum Gasteiger partial charge on any atom is 0.289 e. The van der Waals surface area contributed by atoms with Crippen molar-refractivity contribution < 1.29 is 18.7 Å². The van der Waals surface area contributed by atoms with Crippen molar-refractivity contribution in [3.8, 4) is 0 Å². The first-order valence-corrected chi connectivity index (χ1v) is 8.47. The first-order chi connectivity index (χ1) is 11.3. The lowest BCUT2D eigenvalue weighted by atomic mass is 9.82. The average Bonchev–Trinajstić information content (AvgIpc) is 3.10. The molecule has 1 aliphatic carbocycles. The van der Waals surface area contributed by atoms with Gasteiger partial charge in [-0.1, -0.05) is 12.8 Å². The summed E-state index contributed by atoms with van der Waals surface area (Å²) < 4.78 is 10.8. The van der Waals surface area contributed by atoms with Crippen LogP contribution in [0.4, 0.5) is 0 Å². The predicted octanol–water partition coefficient (Wildman–Crippen LogP) is 1.82. The zero-order valence-electron chi connectivity index (χ0n) is 13.3. The van der Waals surface area contributed by atoms with Gasteiger partial charge in [-0.25, -0.2) is 0 Å². The van der Waals surface area contributed by atoms with Crippen molar-refractivity contribution >= 4 is 11.8 Å². The van der Waals surface area contributed by atoms with Gasteiger partial charge >= 0.3 is 0 Å². The summed E-state index contributed by atoms with van der Waals surface area (Å²) in [5, 5.41) is 2.95. The van der Waals surface area contributed by atoms with Crippen molar-refractivity contribution in [1.82, 2.24) is 10.2 Å². The molecule has 23 heavy (non-hydrogen) atoms. The summed E-state index contributed by atoms with van der Waals surface area (Å²) in [6.07, 6.45) is 6.06. The second-order valence-electron chi connectivity index (χ2n) is 6.19. The van der Waals surface area contributed by atoms with Crippen LogP contribution in [0.25, 0.3) is 0 Å². The Bertz CT molecular complexity index is 529. The van der Waals surface area contributed by atoms with E-state index in [0.29, 0.717) is 32.1 Å². The Labute approximate surface area is 136 Å². The Morgan fingerprint density at radius 2 is 2.09 bits per heavy atom. The second kappa shape index (κ2) is 7.64.